The van der Waals surface area contributed by atoms with Gasteiger partial charge in [0.05, 0.1) is 0 Å². The first-order valence-corrected chi connectivity index (χ1v) is 7.33. The number of carbonyl (C=O) groups excluding carboxylic acids is 1. The van der Waals surface area contributed by atoms with Gasteiger partial charge in [0.25, 0.3) is 0 Å². The zero-order chi connectivity index (χ0) is 14.5. The molecule has 2 N–H and O–H groups in total. The molecule has 1 aliphatic rings. The molecule has 1 amide bonds. The lowest BCUT2D eigenvalue weighted by atomic mass is 10.0. The van der Waals surface area contributed by atoms with E-state index in [1.54, 1.807) is 6.20 Å². The van der Waals surface area contributed by atoms with Gasteiger partial charge in [-0.1, -0.05) is 12.1 Å². The molecule has 3 rings (SSSR count). The summed E-state index contributed by atoms with van der Waals surface area (Å²) in [5.74, 6) is 0.0318. The molecule has 108 valence electrons. The highest BCUT2D eigenvalue weighted by atomic mass is 16.1. The topological polar surface area (TPSA) is 54.0 Å². The average Bonchev–Trinajstić information content (AvgIpc) is 2.54. The molecule has 4 nitrogen and oxygen atoms in total. The molecule has 2 aromatic rings. The van der Waals surface area contributed by atoms with Crippen molar-refractivity contribution >= 4 is 11.6 Å². The largest absolute Gasteiger partial charge is 0.326 e. The van der Waals surface area contributed by atoms with Gasteiger partial charge in [-0.25, -0.2) is 0 Å². The SMILES string of the molecule is O=C(CCc1ccccn1)Nc1ccc2c(c1)CNCC2. The molecule has 0 atom stereocenters. The quantitative estimate of drug-likeness (QED) is 0.904. The third-order valence-electron chi connectivity index (χ3n) is 3.71. The molecule has 0 fully saturated rings. The molecule has 0 bridgehead atoms. The molecular formula is C17H19N3O. The Hall–Kier alpha value is -2.20. The van der Waals surface area contributed by atoms with Gasteiger partial charge in [-0.3, -0.25) is 9.78 Å². The molecule has 1 aliphatic heterocycles. The Morgan fingerprint density at radius 1 is 1.24 bits per heavy atom. The Bertz CT molecular complexity index is 625. The van der Waals surface area contributed by atoms with Crippen LogP contribution in [0.5, 0.6) is 0 Å². The van der Waals surface area contributed by atoms with Crippen LogP contribution < -0.4 is 10.6 Å². The Kier molecular flexibility index (Phi) is 4.26. The zero-order valence-corrected chi connectivity index (χ0v) is 11.9. The van der Waals surface area contributed by atoms with Crippen LogP contribution in [0.2, 0.25) is 0 Å². The minimum Gasteiger partial charge on any atom is -0.326 e. The Labute approximate surface area is 124 Å². The highest BCUT2D eigenvalue weighted by Crippen LogP contribution is 2.19. The van der Waals surface area contributed by atoms with Gasteiger partial charge < -0.3 is 10.6 Å². The van der Waals surface area contributed by atoms with Crippen LogP contribution >= 0.6 is 0 Å². The van der Waals surface area contributed by atoms with Crippen molar-refractivity contribution in [3.8, 4) is 0 Å². The van der Waals surface area contributed by atoms with Crippen molar-refractivity contribution in [2.24, 2.45) is 0 Å². The van der Waals surface area contributed by atoms with Gasteiger partial charge in [-0.2, -0.15) is 0 Å². The number of fused-ring (bicyclic) bond motifs is 1. The van der Waals surface area contributed by atoms with Gasteiger partial charge in [-0.05, 0) is 54.8 Å². The van der Waals surface area contributed by atoms with Crippen LogP contribution in [0.15, 0.2) is 42.6 Å². The predicted molar refractivity (Wildman–Crippen MR) is 83.0 cm³/mol. The maximum atomic E-state index is 12.0. The molecule has 0 spiro atoms. The molecule has 1 aromatic heterocycles. The Balaban J connectivity index is 1.57. The number of pyridine rings is 1. The number of anilines is 1. The molecule has 0 unspecified atom stereocenters. The third kappa shape index (κ3) is 3.67. The number of rotatable bonds is 4. The fraction of sp³-hybridized carbons (Fsp3) is 0.294. The average molecular weight is 281 g/mol. The summed E-state index contributed by atoms with van der Waals surface area (Å²) >= 11 is 0. The van der Waals surface area contributed by atoms with E-state index in [0.29, 0.717) is 12.8 Å². The van der Waals surface area contributed by atoms with Crippen molar-refractivity contribution in [2.75, 3.05) is 11.9 Å². The van der Waals surface area contributed by atoms with E-state index in [0.717, 1.165) is 30.9 Å². The Morgan fingerprint density at radius 2 is 2.19 bits per heavy atom. The summed E-state index contributed by atoms with van der Waals surface area (Å²) in [6.45, 7) is 1.91. The molecule has 0 aliphatic carbocycles. The molecule has 4 heteroatoms. The summed E-state index contributed by atoms with van der Waals surface area (Å²) in [6, 6.07) is 11.9. The van der Waals surface area contributed by atoms with Crippen molar-refractivity contribution in [3.63, 3.8) is 0 Å². The molecule has 0 saturated heterocycles. The van der Waals surface area contributed by atoms with Gasteiger partial charge >= 0.3 is 0 Å². The number of hydrogen-bond acceptors (Lipinski definition) is 3. The van der Waals surface area contributed by atoms with Crippen molar-refractivity contribution in [1.29, 1.82) is 0 Å². The minimum absolute atomic E-state index is 0.0318. The summed E-state index contributed by atoms with van der Waals surface area (Å²) < 4.78 is 0. The van der Waals surface area contributed by atoms with E-state index in [9.17, 15) is 4.79 Å². The summed E-state index contributed by atoms with van der Waals surface area (Å²) in [4.78, 5) is 16.2. The van der Waals surface area contributed by atoms with E-state index in [-0.39, 0.29) is 5.91 Å². The van der Waals surface area contributed by atoms with Gasteiger partial charge in [0, 0.05) is 30.5 Å². The highest BCUT2D eigenvalue weighted by Gasteiger charge is 2.10. The van der Waals surface area contributed by atoms with Crippen molar-refractivity contribution in [1.82, 2.24) is 10.3 Å². The van der Waals surface area contributed by atoms with E-state index in [4.69, 9.17) is 0 Å². The zero-order valence-electron chi connectivity index (χ0n) is 11.9. The second-order valence-electron chi connectivity index (χ2n) is 5.28. The van der Waals surface area contributed by atoms with E-state index in [1.165, 1.54) is 11.1 Å². The van der Waals surface area contributed by atoms with Gasteiger partial charge in [0.15, 0.2) is 0 Å². The van der Waals surface area contributed by atoms with Crippen LogP contribution in [0, 0.1) is 0 Å². The number of aryl methyl sites for hydroxylation is 1. The smallest absolute Gasteiger partial charge is 0.224 e. The van der Waals surface area contributed by atoms with Crippen LogP contribution in [0.25, 0.3) is 0 Å². The maximum absolute atomic E-state index is 12.0. The number of carbonyl (C=O) groups is 1. The fourth-order valence-corrected chi connectivity index (χ4v) is 2.57. The monoisotopic (exact) mass is 281 g/mol. The number of aromatic nitrogens is 1. The summed E-state index contributed by atoms with van der Waals surface area (Å²) in [6.07, 6.45) is 3.93. The van der Waals surface area contributed by atoms with E-state index in [2.05, 4.69) is 27.8 Å². The molecule has 2 heterocycles. The number of nitrogens with one attached hydrogen (secondary N) is 2. The molecule has 0 radical (unpaired) electrons. The second-order valence-corrected chi connectivity index (χ2v) is 5.28. The van der Waals surface area contributed by atoms with E-state index < -0.39 is 0 Å². The van der Waals surface area contributed by atoms with Crippen LogP contribution in [0.4, 0.5) is 5.69 Å². The van der Waals surface area contributed by atoms with Gasteiger partial charge in [0.2, 0.25) is 5.91 Å². The first-order chi connectivity index (χ1) is 10.3. The third-order valence-corrected chi connectivity index (χ3v) is 3.71. The van der Waals surface area contributed by atoms with Crippen LogP contribution in [0.1, 0.15) is 23.2 Å². The van der Waals surface area contributed by atoms with Crippen LogP contribution in [-0.4, -0.2) is 17.4 Å². The molecule has 1 aromatic carbocycles. The molecular weight excluding hydrogens is 262 g/mol. The maximum Gasteiger partial charge on any atom is 0.224 e. The predicted octanol–water partition coefficient (Wildman–Crippen LogP) is 2.30. The van der Waals surface area contributed by atoms with Crippen LogP contribution in [0.3, 0.4) is 0 Å². The van der Waals surface area contributed by atoms with Gasteiger partial charge in [0.1, 0.15) is 0 Å². The lowest BCUT2D eigenvalue weighted by Crippen LogP contribution is -2.23. The van der Waals surface area contributed by atoms with Crippen molar-refractivity contribution in [3.05, 3.63) is 59.4 Å². The van der Waals surface area contributed by atoms with Crippen molar-refractivity contribution in [2.45, 2.75) is 25.8 Å². The van der Waals surface area contributed by atoms with Crippen molar-refractivity contribution < 1.29 is 4.79 Å². The number of benzene rings is 1. The lowest BCUT2D eigenvalue weighted by Gasteiger charge is -2.18. The first-order valence-electron chi connectivity index (χ1n) is 7.33. The second kappa shape index (κ2) is 6.50. The summed E-state index contributed by atoms with van der Waals surface area (Å²) in [5.41, 5.74) is 4.48. The summed E-state index contributed by atoms with van der Waals surface area (Å²) in [7, 11) is 0. The molecule has 21 heavy (non-hydrogen) atoms. The van der Waals surface area contributed by atoms with E-state index >= 15 is 0 Å². The first kappa shape index (κ1) is 13.8. The van der Waals surface area contributed by atoms with E-state index in [1.807, 2.05) is 24.3 Å². The number of amides is 1. The highest BCUT2D eigenvalue weighted by molar-refractivity contribution is 5.90. The number of nitrogens with zero attached hydrogens (tertiary/aromatic N) is 1. The normalized spacial score (nSPS) is 13.5. The van der Waals surface area contributed by atoms with Gasteiger partial charge in [-0.15, -0.1) is 0 Å². The van der Waals surface area contributed by atoms with Crippen LogP contribution in [-0.2, 0) is 24.2 Å². The molecule has 0 saturated carbocycles. The fourth-order valence-electron chi connectivity index (χ4n) is 2.57. The Morgan fingerprint density at radius 3 is 3.05 bits per heavy atom. The summed E-state index contributed by atoms with van der Waals surface area (Å²) in [5, 5.41) is 6.31. The number of hydrogen-bond donors (Lipinski definition) is 2. The standard InChI is InChI=1S/C17H19N3O/c21-17(7-6-15-3-1-2-9-19-15)20-16-5-4-13-8-10-18-12-14(13)11-16/h1-5,9,11,18H,6-8,10,12H2,(H,20,21). The lowest BCUT2D eigenvalue weighted by molar-refractivity contribution is -0.116. The minimum atomic E-state index is 0.0318.